The molecule has 0 fully saturated rings. The Balaban J connectivity index is 2.29. The third-order valence-corrected chi connectivity index (χ3v) is 2.97. The van der Waals surface area contributed by atoms with Crippen molar-refractivity contribution >= 4 is 17.6 Å². The van der Waals surface area contributed by atoms with Crippen molar-refractivity contribution in [2.24, 2.45) is 0 Å². The van der Waals surface area contributed by atoms with Gasteiger partial charge in [0.1, 0.15) is 5.70 Å². The number of ether oxygens (including phenoxy) is 1. The van der Waals surface area contributed by atoms with Crippen LogP contribution in [0.5, 0.6) is 0 Å². The van der Waals surface area contributed by atoms with Gasteiger partial charge in [0.2, 0.25) is 0 Å². The Bertz CT molecular complexity index is 537. The van der Waals surface area contributed by atoms with E-state index in [0.717, 1.165) is 11.3 Å². The van der Waals surface area contributed by atoms with Crippen LogP contribution in [0.1, 0.15) is 12.0 Å². The molecule has 1 aliphatic heterocycles. The average Bonchev–Trinajstić information content (AvgIpc) is 2.54. The van der Waals surface area contributed by atoms with Gasteiger partial charge in [-0.1, -0.05) is 18.2 Å². The lowest BCUT2D eigenvalue weighted by Crippen LogP contribution is -2.27. The van der Waals surface area contributed by atoms with Crippen LogP contribution in [0.15, 0.2) is 36.0 Å². The molecule has 0 aliphatic carbocycles. The zero-order chi connectivity index (χ0) is 13.8. The molecular formula is C14H16N2O3. The third kappa shape index (κ3) is 2.93. The molecule has 5 nitrogen and oxygen atoms in total. The Hall–Kier alpha value is -2.30. The first kappa shape index (κ1) is 13.1. The SMILES string of the molecule is COC(=O)CC=C1Nc2ccccc2CN(C)C1=O. The number of benzene rings is 1. The molecule has 2 rings (SSSR count). The van der Waals surface area contributed by atoms with E-state index < -0.39 is 0 Å². The second-order valence-corrected chi connectivity index (χ2v) is 4.34. The molecule has 5 heteroatoms. The number of carbonyl (C=O) groups is 2. The predicted octanol–water partition coefficient (Wildman–Crippen LogP) is 1.52. The van der Waals surface area contributed by atoms with Gasteiger partial charge in [-0.2, -0.15) is 0 Å². The maximum Gasteiger partial charge on any atom is 0.309 e. The molecule has 1 heterocycles. The van der Waals surface area contributed by atoms with Gasteiger partial charge in [0.05, 0.1) is 13.5 Å². The van der Waals surface area contributed by atoms with Gasteiger partial charge in [-0.25, -0.2) is 0 Å². The van der Waals surface area contributed by atoms with E-state index in [1.165, 1.54) is 7.11 Å². The maximum atomic E-state index is 12.2. The van der Waals surface area contributed by atoms with Crippen LogP contribution in [-0.4, -0.2) is 30.9 Å². The molecule has 1 amide bonds. The van der Waals surface area contributed by atoms with E-state index in [1.807, 2.05) is 24.3 Å². The monoisotopic (exact) mass is 260 g/mol. The summed E-state index contributed by atoms with van der Waals surface area (Å²) >= 11 is 0. The molecule has 100 valence electrons. The minimum Gasteiger partial charge on any atom is -0.469 e. The molecule has 1 aliphatic rings. The van der Waals surface area contributed by atoms with Crippen LogP contribution in [0.4, 0.5) is 5.69 Å². The summed E-state index contributed by atoms with van der Waals surface area (Å²) < 4.78 is 4.57. The minimum atomic E-state index is -0.373. The van der Waals surface area contributed by atoms with Gasteiger partial charge in [-0.3, -0.25) is 9.59 Å². The number of likely N-dealkylation sites (N-methyl/N-ethyl adjacent to an activating group) is 1. The lowest BCUT2D eigenvalue weighted by molar-refractivity contribution is -0.139. The van der Waals surface area contributed by atoms with Crippen LogP contribution in [0, 0.1) is 0 Å². The summed E-state index contributed by atoms with van der Waals surface area (Å²) in [5.41, 5.74) is 2.33. The fourth-order valence-corrected chi connectivity index (χ4v) is 1.92. The summed E-state index contributed by atoms with van der Waals surface area (Å²) in [7, 11) is 3.06. The molecule has 19 heavy (non-hydrogen) atoms. The van der Waals surface area contributed by atoms with Crippen LogP contribution in [0.25, 0.3) is 0 Å². The number of nitrogens with one attached hydrogen (secondary N) is 1. The van der Waals surface area contributed by atoms with Gasteiger partial charge >= 0.3 is 5.97 Å². The summed E-state index contributed by atoms with van der Waals surface area (Å²) in [5.74, 6) is -0.512. The highest BCUT2D eigenvalue weighted by Crippen LogP contribution is 2.23. The second kappa shape index (κ2) is 5.56. The molecule has 0 unspecified atom stereocenters. The number of methoxy groups -OCH3 is 1. The quantitative estimate of drug-likeness (QED) is 0.647. The third-order valence-electron chi connectivity index (χ3n) is 2.97. The van der Waals surface area contributed by atoms with Crippen molar-refractivity contribution < 1.29 is 14.3 Å². The smallest absolute Gasteiger partial charge is 0.309 e. The van der Waals surface area contributed by atoms with E-state index in [-0.39, 0.29) is 18.3 Å². The lowest BCUT2D eigenvalue weighted by atomic mass is 10.2. The Morgan fingerprint density at radius 2 is 2.21 bits per heavy atom. The summed E-state index contributed by atoms with van der Waals surface area (Å²) in [6.07, 6.45) is 1.63. The second-order valence-electron chi connectivity index (χ2n) is 4.34. The fraction of sp³-hybridized carbons (Fsp3) is 0.286. The van der Waals surface area contributed by atoms with Crippen LogP contribution < -0.4 is 5.32 Å². The Labute approximate surface area is 111 Å². The molecule has 1 aromatic rings. The Morgan fingerprint density at radius 1 is 1.47 bits per heavy atom. The Morgan fingerprint density at radius 3 is 2.95 bits per heavy atom. The number of amides is 1. The van der Waals surface area contributed by atoms with Crippen molar-refractivity contribution in [1.29, 1.82) is 0 Å². The molecular weight excluding hydrogens is 244 g/mol. The molecule has 0 saturated carbocycles. The fourth-order valence-electron chi connectivity index (χ4n) is 1.92. The van der Waals surface area contributed by atoms with Gasteiger partial charge in [-0.05, 0) is 17.7 Å². The number of hydrogen-bond donors (Lipinski definition) is 1. The van der Waals surface area contributed by atoms with E-state index in [4.69, 9.17) is 0 Å². The van der Waals surface area contributed by atoms with Crippen LogP contribution in [0.2, 0.25) is 0 Å². The molecule has 0 saturated heterocycles. The molecule has 0 bridgehead atoms. The molecule has 1 N–H and O–H groups in total. The first-order chi connectivity index (χ1) is 9.11. The normalized spacial score (nSPS) is 16.6. The number of hydrogen-bond acceptors (Lipinski definition) is 4. The molecule has 1 aromatic carbocycles. The van der Waals surface area contributed by atoms with Crippen molar-refractivity contribution in [3.63, 3.8) is 0 Å². The molecule has 0 aromatic heterocycles. The summed E-state index contributed by atoms with van der Waals surface area (Å²) in [6, 6.07) is 7.71. The van der Waals surface area contributed by atoms with Crippen molar-refractivity contribution in [2.75, 3.05) is 19.5 Å². The van der Waals surface area contributed by atoms with Crippen molar-refractivity contribution in [2.45, 2.75) is 13.0 Å². The summed E-state index contributed by atoms with van der Waals surface area (Å²) in [5, 5.41) is 3.08. The van der Waals surface area contributed by atoms with E-state index in [9.17, 15) is 9.59 Å². The highest BCUT2D eigenvalue weighted by Gasteiger charge is 2.21. The van der Waals surface area contributed by atoms with Gasteiger partial charge < -0.3 is 15.0 Å². The first-order valence-corrected chi connectivity index (χ1v) is 5.99. The standard InChI is InChI=1S/C14H16N2O3/c1-16-9-10-5-3-4-6-11(10)15-12(14(16)18)7-8-13(17)19-2/h3-7,15H,8-9H2,1-2H3. The number of esters is 1. The number of fused-ring (bicyclic) bond motifs is 1. The van der Waals surface area contributed by atoms with Crippen molar-refractivity contribution in [1.82, 2.24) is 4.90 Å². The number of anilines is 1. The molecule has 0 spiro atoms. The van der Waals surface area contributed by atoms with E-state index in [1.54, 1.807) is 18.0 Å². The first-order valence-electron chi connectivity index (χ1n) is 5.99. The highest BCUT2D eigenvalue weighted by atomic mass is 16.5. The predicted molar refractivity (Wildman–Crippen MR) is 71.3 cm³/mol. The van der Waals surface area contributed by atoms with Crippen LogP contribution in [-0.2, 0) is 20.9 Å². The van der Waals surface area contributed by atoms with Crippen LogP contribution in [0.3, 0.4) is 0 Å². The van der Waals surface area contributed by atoms with Gasteiger partial charge in [0, 0.05) is 19.3 Å². The van der Waals surface area contributed by atoms with E-state index in [2.05, 4.69) is 10.1 Å². The van der Waals surface area contributed by atoms with Crippen molar-refractivity contribution in [3.05, 3.63) is 41.6 Å². The number of nitrogens with zero attached hydrogens (tertiary/aromatic N) is 1. The zero-order valence-electron chi connectivity index (χ0n) is 11.0. The largest absolute Gasteiger partial charge is 0.469 e. The summed E-state index contributed by atoms with van der Waals surface area (Å²) in [6.45, 7) is 0.539. The highest BCUT2D eigenvalue weighted by molar-refractivity contribution is 5.97. The van der Waals surface area contributed by atoms with Crippen LogP contribution >= 0.6 is 0 Å². The zero-order valence-corrected chi connectivity index (χ0v) is 11.0. The minimum absolute atomic E-state index is 0.0700. The topological polar surface area (TPSA) is 58.6 Å². The number of para-hydroxylation sites is 1. The molecule has 0 radical (unpaired) electrons. The average molecular weight is 260 g/mol. The van der Waals surface area contributed by atoms with Gasteiger partial charge in [-0.15, -0.1) is 0 Å². The van der Waals surface area contributed by atoms with Crippen molar-refractivity contribution in [3.8, 4) is 0 Å². The molecule has 0 atom stereocenters. The van der Waals surface area contributed by atoms with E-state index >= 15 is 0 Å². The Kier molecular flexibility index (Phi) is 3.85. The van der Waals surface area contributed by atoms with Gasteiger partial charge in [0.15, 0.2) is 0 Å². The number of rotatable bonds is 2. The maximum absolute atomic E-state index is 12.2. The lowest BCUT2D eigenvalue weighted by Gasteiger charge is -2.14. The van der Waals surface area contributed by atoms with Gasteiger partial charge in [0.25, 0.3) is 5.91 Å². The summed E-state index contributed by atoms with van der Waals surface area (Å²) in [4.78, 5) is 24.9. The van der Waals surface area contributed by atoms with E-state index in [0.29, 0.717) is 12.2 Å². The number of carbonyl (C=O) groups excluding carboxylic acids is 2.